The number of aromatic nitrogens is 3. The summed E-state index contributed by atoms with van der Waals surface area (Å²) in [5.41, 5.74) is 2.31. The number of benzene rings is 2. The lowest BCUT2D eigenvalue weighted by molar-refractivity contribution is 0.194. The highest BCUT2D eigenvalue weighted by Gasteiger charge is 2.26. The molecule has 0 bridgehead atoms. The Morgan fingerprint density at radius 3 is 2.71 bits per heavy atom. The van der Waals surface area contributed by atoms with Crippen LogP contribution < -0.4 is 0 Å². The van der Waals surface area contributed by atoms with E-state index in [1.54, 1.807) is 23.9 Å². The maximum atomic E-state index is 13.5. The Bertz CT molecular complexity index is 912. The Morgan fingerprint density at radius 2 is 1.89 bits per heavy atom. The minimum Gasteiger partial charge on any atom is -0.309 e. The van der Waals surface area contributed by atoms with Gasteiger partial charge in [0.2, 0.25) is 0 Å². The molecule has 0 amide bonds. The molecule has 4 nitrogen and oxygen atoms in total. The number of piperidine rings is 1. The minimum absolute atomic E-state index is 0.167. The highest BCUT2D eigenvalue weighted by molar-refractivity contribution is 7.98. The summed E-state index contributed by atoms with van der Waals surface area (Å²) in [5.74, 6) is 2.15. The molecule has 1 aromatic heterocycles. The van der Waals surface area contributed by atoms with Crippen LogP contribution in [0.15, 0.2) is 59.8 Å². The zero-order valence-corrected chi connectivity index (χ0v) is 16.9. The summed E-state index contributed by atoms with van der Waals surface area (Å²) in [6.45, 7) is 2.76. The number of halogens is 1. The molecule has 0 radical (unpaired) electrons. The Kier molecular flexibility index (Phi) is 6.07. The van der Waals surface area contributed by atoms with E-state index >= 15 is 0 Å². The van der Waals surface area contributed by atoms with Crippen molar-refractivity contribution >= 4 is 11.8 Å². The first-order valence-electron chi connectivity index (χ1n) is 9.72. The van der Waals surface area contributed by atoms with Gasteiger partial charge in [-0.25, -0.2) is 4.39 Å². The van der Waals surface area contributed by atoms with E-state index in [4.69, 9.17) is 0 Å². The molecule has 1 fully saturated rings. The normalized spacial score (nSPS) is 17.7. The molecule has 146 valence electrons. The first kappa shape index (κ1) is 19.2. The molecular formula is C22H25FN4S. The van der Waals surface area contributed by atoms with Crippen LogP contribution in [-0.4, -0.2) is 32.8 Å². The van der Waals surface area contributed by atoms with E-state index in [9.17, 15) is 4.39 Å². The molecule has 3 aromatic rings. The van der Waals surface area contributed by atoms with Gasteiger partial charge >= 0.3 is 0 Å². The monoisotopic (exact) mass is 396 g/mol. The van der Waals surface area contributed by atoms with Gasteiger partial charge in [-0.15, -0.1) is 10.2 Å². The van der Waals surface area contributed by atoms with Crippen molar-refractivity contribution in [3.05, 3.63) is 77.4 Å². The van der Waals surface area contributed by atoms with E-state index in [1.165, 1.54) is 11.6 Å². The van der Waals surface area contributed by atoms with Crippen molar-refractivity contribution < 1.29 is 4.39 Å². The largest absolute Gasteiger partial charge is 0.309 e. The molecule has 1 saturated heterocycles. The quantitative estimate of drug-likeness (QED) is 0.569. The van der Waals surface area contributed by atoms with Gasteiger partial charge in [0.05, 0.1) is 0 Å². The van der Waals surface area contributed by atoms with Gasteiger partial charge in [-0.1, -0.05) is 54.2 Å². The van der Waals surface area contributed by atoms with Crippen molar-refractivity contribution in [1.29, 1.82) is 0 Å². The third-order valence-corrected chi connectivity index (χ3v) is 6.34. The van der Waals surface area contributed by atoms with Crippen molar-refractivity contribution in [2.24, 2.45) is 7.05 Å². The second-order valence-corrected chi connectivity index (χ2v) is 8.32. The molecule has 2 heterocycles. The molecular weight excluding hydrogens is 371 g/mol. The Morgan fingerprint density at radius 1 is 1.07 bits per heavy atom. The van der Waals surface area contributed by atoms with Crippen LogP contribution in [0.25, 0.3) is 0 Å². The molecule has 0 aliphatic carbocycles. The zero-order chi connectivity index (χ0) is 19.3. The first-order valence-corrected chi connectivity index (χ1v) is 10.7. The Hall–Kier alpha value is -2.18. The van der Waals surface area contributed by atoms with Crippen molar-refractivity contribution in [3.63, 3.8) is 0 Å². The highest BCUT2D eigenvalue weighted by Crippen LogP contribution is 2.29. The SMILES string of the molecule is Cn1c(SCc2ccccc2)nnc1C1CCCN(Cc2cccc(F)c2)C1. The molecule has 6 heteroatoms. The van der Waals surface area contributed by atoms with E-state index in [1.807, 2.05) is 12.1 Å². The van der Waals surface area contributed by atoms with Crippen LogP contribution in [0.2, 0.25) is 0 Å². The number of hydrogen-bond donors (Lipinski definition) is 0. The van der Waals surface area contributed by atoms with Crippen LogP contribution in [0.1, 0.15) is 35.7 Å². The summed E-state index contributed by atoms with van der Waals surface area (Å²) < 4.78 is 15.6. The number of likely N-dealkylation sites (tertiary alicyclic amines) is 1. The smallest absolute Gasteiger partial charge is 0.191 e. The van der Waals surface area contributed by atoms with Crippen LogP contribution in [0.4, 0.5) is 4.39 Å². The number of nitrogens with zero attached hydrogens (tertiary/aromatic N) is 4. The average Bonchev–Trinajstić information content (AvgIpc) is 3.08. The summed E-state index contributed by atoms with van der Waals surface area (Å²) in [4.78, 5) is 2.40. The average molecular weight is 397 g/mol. The van der Waals surface area contributed by atoms with E-state index in [0.717, 1.165) is 54.8 Å². The molecule has 4 rings (SSSR count). The molecule has 28 heavy (non-hydrogen) atoms. The van der Waals surface area contributed by atoms with Crippen LogP contribution in [0, 0.1) is 5.82 Å². The van der Waals surface area contributed by atoms with Gasteiger partial charge in [-0.3, -0.25) is 4.90 Å². The Labute approximate surface area is 169 Å². The second kappa shape index (κ2) is 8.88. The van der Waals surface area contributed by atoms with Crippen molar-refractivity contribution in [2.45, 2.75) is 36.2 Å². The molecule has 1 atom stereocenters. The standard InChI is InChI=1S/C22H25FN4S/c1-26-21(24-25-22(26)28-16-17-7-3-2-4-8-17)19-10-6-12-27(15-19)14-18-9-5-11-20(23)13-18/h2-5,7-9,11,13,19H,6,10,12,14-16H2,1H3. The summed E-state index contributed by atoms with van der Waals surface area (Å²) in [5, 5.41) is 9.91. The second-order valence-electron chi connectivity index (χ2n) is 7.38. The molecule has 0 N–H and O–H groups in total. The molecule has 0 saturated carbocycles. The molecule has 1 unspecified atom stereocenters. The van der Waals surface area contributed by atoms with Crippen molar-refractivity contribution in [1.82, 2.24) is 19.7 Å². The third kappa shape index (κ3) is 4.62. The van der Waals surface area contributed by atoms with E-state index < -0.39 is 0 Å². The highest BCUT2D eigenvalue weighted by atomic mass is 32.2. The molecule has 2 aromatic carbocycles. The van der Waals surface area contributed by atoms with E-state index in [-0.39, 0.29) is 5.82 Å². The van der Waals surface area contributed by atoms with Gasteiger partial charge in [-0.05, 0) is 42.6 Å². The topological polar surface area (TPSA) is 34.0 Å². The fraction of sp³-hybridized carbons (Fsp3) is 0.364. The fourth-order valence-electron chi connectivity index (χ4n) is 3.83. The number of hydrogen-bond acceptors (Lipinski definition) is 4. The van der Waals surface area contributed by atoms with E-state index in [2.05, 4.69) is 51.0 Å². The summed E-state index contributed by atoms with van der Waals surface area (Å²) in [6.07, 6.45) is 2.24. The minimum atomic E-state index is -0.167. The van der Waals surface area contributed by atoms with Crippen LogP contribution in [-0.2, 0) is 19.3 Å². The predicted octanol–water partition coefficient (Wildman–Crippen LogP) is 4.63. The lowest BCUT2D eigenvalue weighted by Crippen LogP contribution is -2.34. The molecule has 0 spiro atoms. The summed E-state index contributed by atoms with van der Waals surface area (Å²) in [6, 6.07) is 17.3. The molecule has 1 aliphatic heterocycles. The summed E-state index contributed by atoms with van der Waals surface area (Å²) in [7, 11) is 2.06. The van der Waals surface area contributed by atoms with Crippen LogP contribution in [0.3, 0.4) is 0 Å². The van der Waals surface area contributed by atoms with E-state index in [0.29, 0.717) is 5.92 Å². The van der Waals surface area contributed by atoms with Gasteiger partial charge in [0.1, 0.15) is 11.6 Å². The summed E-state index contributed by atoms with van der Waals surface area (Å²) >= 11 is 1.72. The maximum Gasteiger partial charge on any atom is 0.191 e. The van der Waals surface area contributed by atoms with Crippen LogP contribution >= 0.6 is 11.8 Å². The lowest BCUT2D eigenvalue weighted by Gasteiger charge is -2.32. The maximum absolute atomic E-state index is 13.5. The van der Waals surface area contributed by atoms with Crippen molar-refractivity contribution in [3.8, 4) is 0 Å². The number of rotatable bonds is 6. The fourth-order valence-corrected chi connectivity index (χ4v) is 4.71. The zero-order valence-electron chi connectivity index (χ0n) is 16.1. The lowest BCUT2D eigenvalue weighted by atomic mass is 9.96. The van der Waals surface area contributed by atoms with Gasteiger partial charge in [0, 0.05) is 31.8 Å². The van der Waals surface area contributed by atoms with Gasteiger partial charge < -0.3 is 4.57 Å². The predicted molar refractivity (Wildman–Crippen MR) is 111 cm³/mol. The number of thioether (sulfide) groups is 1. The van der Waals surface area contributed by atoms with Gasteiger partial charge in [-0.2, -0.15) is 0 Å². The third-order valence-electron chi connectivity index (χ3n) is 5.25. The molecule has 1 aliphatic rings. The Balaban J connectivity index is 1.40. The van der Waals surface area contributed by atoms with Crippen LogP contribution in [0.5, 0.6) is 0 Å². The van der Waals surface area contributed by atoms with Gasteiger partial charge in [0.15, 0.2) is 5.16 Å². The van der Waals surface area contributed by atoms with Gasteiger partial charge in [0.25, 0.3) is 0 Å². The van der Waals surface area contributed by atoms with Crippen molar-refractivity contribution in [2.75, 3.05) is 13.1 Å². The first-order chi connectivity index (χ1) is 13.7.